The molecule has 0 unspecified atom stereocenters. The van der Waals surface area contributed by atoms with Gasteiger partial charge in [0.2, 0.25) is 0 Å². The van der Waals surface area contributed by atoms with Gasteiger partial charge >= 0.3 is 0 Å². The van der Waals surface area contributed by atoms with Crippen molar-refractivity contribution < 1.29 is 0 Å². The molecule has 0 radical (unpaired) electrons. The van der Waals surface area contributed by atoms with Crippen molar-refractivity contribution in [1.29, 1.82) is 0 Å². The lowest BCUT2D eigenvalue weighted by molar-refractivity contribution is 1.58. The second kappa shape index (κ2) is 6.57. The first-order valence-corrected chi connectivity index (χ1v) is 7.29. The molecule has 0 spiro atoms. The summed E-state index contributed by atoms with van der Waals surface area (Å²) in [6.07, 6.45) is 0. The largest absolute Gasteiger partial charge is 0.332 e. The highest BCUT2D eigenvalue weighted by Crippen LogP contribution is 2.25. The molecule has 0 saturated heterocycles. The van der Waals surface area contributed by atoms with Crippen LogP contribution in [0.2, 0.25) is 10.0 Å². The third kappa shape index (κ3) is 4.35. The molecule has 2 aromatic carbocycles. The van der Waals surface area contributed by atoms with Crippen LogP contribution in [0.3, 0.4) is 0 Å². The van der Waals surface area contributed by atoms with E-state index in [0.717, 1.165) is 15.8 Å². The van der Waals surface area contributed by atoms with Crippen molar-refractivity contribution in [2.24, 2.45) is 0 Å². The lowest BCUT2D eigenvalue weighted by Gasteiger charge is -2.11. The van der Waals surface area contributed by atoms with Crippen molar-refractivity contribution in [3.63, 3.8) is 0 Å². The first-order valence-electron chi connectivity index (χ1n) is 5.33. The predicted molar refractivity (Wildman–Crippen MR) is 90.4 cm³/mol. The van der Waals surface area contributed by atoms with E-state index in [1.165, 1.54) is 0 Å². The molecule has 0 atom stereocenters. The summed E-state index contributed by atoms with van der Waals surface area (Å²) in [5, 5.41) is 7.84. The highest BCUT2D eigenvalue weighted by molar-refractivity contribution is 9.10. The molecule has 98 valence electrons. The van der Waals surface area contributed by atoms with E-state index in [1.807, 2.05) is 24.3 Å². The molecule has 2 rings (SSSR count). The average molecular weight is 376 g/mol. The van der Waals surface area contributed by atoms with Gasteiger partial charge in [-0.05, 0) is 64.5 Å². The van der Waals surface area contributed by atoms with Crippen LogP contribution in [0.4, 0.5) is 11.4 Å². The Morgan fingerprint density at radius 2 is 1.68 bits per heavy atom. The zero-order chi connectivity index (χ0) is 13.8. The number of rotatable bonds is 2. The van der Waals surface area contributed by atoms with Crippen LogP contribution >= 0.6 is 51.3 Å². The quantitative estimate of drug-likeness (QED) is 0.671. The molecule has 0 saturated carbocycles. The van der Waals surface area contributed by atoms with Crippen molar-refractivity contribution in [2.75, 3.05) is 10.6 Å². The number of anilines is 2. The van der Waals surface area contributed by atoms with E-state index in [0.29, 0.717) is 15.2 Å². The molecule has 0 heterocycles. The fraction of sp³-hybridized carbons (Fsp3) is 0. The van der Waals surface area contributed by atoms with Crippen LogP contribution in [0.5, 0.6) is 0 Å². The van der Waals surface area contributed by atoms with Crippen molar-refractivity contribution in [1.82, 2.24) is 0 Å². The minimum atomic E-state index is 0.473. The van der Waals surface area contributed by atoms with Gasteiger partial charge in [0.1, 0.15) is 0 Å². The summed E-state index contributed by atoms with van der Waals surface area (Å²) in [7, 11) is 0. The highest BCUT2D eigenvalue weighted by Gasteiger charge is 2.02. The molecule has 0 aliphatic heterocycles. The molecule has 2 nitrogen and oxygen atoms in total. The second-order valence-corrected chi connectivity index (χ2v) is 5.82. The fourth-order valence-electron chi connectivity index (χ4n) is 1.43. The molecule has 0 fully saturated rings. The minimum Gasteiger partial charge on any atom is -0.332 e. The highest BCUT2D eigenvalue weighted by atomic mass is 79.9. The van der Waals surface area contributed by atoms with E-state index in [9.17, 15) is 0 Å². The maximum Gasteiger partial charge on any atom is 0.175 e. The topological polar surface area (TPSA) is 24.1 Å². The maximum atomic E-state index is 6.01. The summed E-state index contributed by atoms with van der Waals surface area (Å²) in [4.78, 5) is 0. The molecule has 0 aromatic heterocycles. The van der Waals surface area contributed by atoms with Gasteiger partial charge in [-0.1, -0.05) is 29.3 Å². The summed E-state index contributed by atoms with van der Waals surface area (Å²) in [6, 6.07) is 12.9. The molecule has 19 heavy (non-hydrogen) atoms. The Morgan fingerprint density at radius 1 is 1.00 bits per heavy atom. The van der Waals surface area contributed by atoms with Crippen LogP contribution in [0, 0.1) is 0 Å². The van der Waals surface area contributed by atoms with E-state index in [1.54, 1.807) is 18.2 Å². The smallest absolute Gasteiger partial charge is 0.175 e. The lowest BCUT2D eigenvalue weighted by atomic mass is 10.3. The molecular formula is C13H9BrCl2N2S. The molecule has 2 aromatic rings. The van der Waals surface area contributed by atoms with Crippen molar-refractivity contribution in [2.45, 2.75) is 0 Å². The first kappa shape index (κ1) is 14.6. The van der Waals surface area contributed by atoms with Crippen LogP contribution in [-0.4, -0.2) is 5.11 Å². The van der Waals surface area contributed by atoms with Crippen molar-refractivity contribution >= 4 is 67.8 Å². The van der Waals surface area contributed by atoms with E-state index >= 15 is 0 Å². The monoisotopic (exact) mass is 374 g/mol. The SMILES string of the molecule is S=C(Nc1cccc(Cl)c1)Nc1ccc(Br)c(Cl)c1. The summed E-state index contributed by atoms with van der Waals surface area (Å²) < 4.78 is 0.841. The number of benzene rings is 2. The Morgan fingerprint density at radius 3 is 2.32 bits per heavy atom. The van der Waals surface area contributed by atoms with Gasteiger partial charge in [-0.3, -0.25) is 0 Å². The van der Waals surface area contributed by atoms with E-state index in [2.05, 4.69) is 26.6 Å². The van der Waals surface area contributed by atoms with Crippen LogP contribution in [0.1, 0.15) is 0 Å². The third-order valence-electron chi connectivity index (χ3n) is 2.26. The predicted octanol–water partition coefficient (Wildman–Crippen LogP) is 5.56. The van der Waals surface area contributed by atoms with Crippen LogP contribution in [0.15, 0.2) is 46.9 Å². The van der Waals surface area contributed by atoms with Gasteiger partial charge in [-0.2, -0.15) is 0 Å². The molecular weight excluding hydrogens is 367 g/mol. The normalized spacial score (nSPS) is 10.1. The Bertz CT molecular complexity index is 619. The number of thiocarbonyl (C=S) groups is 1. The Labute approximate surface area is 135 Å². The zero-order valence-corrected chi connectivity index (χ0v) is 13.5. The minimum absolute atomic E-state index is 0.473. The Balaban J connectivity index is 2.03. The van der Waals surface area contributed by atoms with Gasteiger partial charge in [-0.15, -0.1) is 0 Å². The van der Waals surface area contributed by atoms with Crippen LogP contribution in [-0.2, 0) is 0 Å². The Kier molecular flexibility index (Phi) is 5.05. The average Bonchev–Trinajstić information content (AvgIpc) is 2.34. The fourth-order valence-corrected chi connectivity index (χ4v) is 2.29. The maximum absolute atomic E-state index is 6.01. The van der Waals surface area contributed by atoms with Crippen molar-refractivity contribution in [3.05, 3.63) is 57.0 Å². The van der Waals surface area contributed by atoms with E-state index in [4.69, 9.17) is 35.4 Å². The first-order chi connectivity index (χ1) is 9.04. The molecule has 0 aliphatic rings. The van der Waals surface area contributed by atoms with E-state index < -0.39 is 0 Å². The summed E-state index contributed by atoms with van der Waals surface area (Å²) in [5.74, 6) is 0. The van der Waals surface area contributed by atoms with Crippen LogP contribution < -0.4 is 10.6 Å². The Hall–Kier alpha value is -0.810. The number of halogens is 3. The third-order valence-corrected chi connectivity index (χ3v) is 3.93. The summed E-state index contributed by atoms with van der Waals surface area (Å²) in [6.45, 7) is 0. The molecule has 6 heteroatoms. The van der Waals surface area contributed by atoms with Crippen LogP contribution in [0.25, 0.3) is 0 Å². The lowest BCUT2D eigenvalue weighted by Crippen LogP contribution is -2.18. The van der Waals surface area contributed by atoms with Gasteiger partial charge in [-0.25, -0.2) is 0 Å². The standard InChI is InChI=1S/C13H9BrCl2N2S/c14-11-5-4-10(7-12(11)16)18-13(19)17-9-3-1-2-8(15)6-9/h1-7H,(H2,17,18,19). The van der Waals surface area contributed by atoms with Crippen molar-refractivity contribution in [3.8, 4) is 0 Å². The molecule has 0 aliphatic carbocycles. The summed E-state index contributed by atoms with van der Waals surface area (Å²) in [5.41, 5.74) is 1.64. The van der Waals surface area contributed by atoms with Gasteiger partial charge < -0.3 is 10.6 Å². The number of hydrogen-bond acceptors (Lipinski definition) is 1. The van der Waals surface area contributed by atoms with Gasteiger partial charge in [0.25, 0.3) is 0 Å². The zero-order valence-electron chi connectivity index (χ0n) is 9.58. The number of nitrogens with one attached hydrogen (secondary N) is 2. The van der Waals surface area contributed by atoms with E-state index in [-0.39, 0.29) is 0 Å². The van der Waals surface area contributed by atoms with Gasteiger partial charge in [0.05, 0.1) is 5.02 Å². The van der Waals surface area contributed by atoms with Gasteiger partial charge in [0.15, 0.2) is 5.11 Å². The molecule has 2 N–H and O–H groups in total. The molecule has 0 bridgehead atoms. The molecule has 0 amide bonds. The second-order valence-electron chi connectivity index (χ2n) is 3.72. The number of hydrogen-bond donors (Lipinski definition) is 2. The summed E-state index contributed by atoms with van der Waals surface area (Å²) >= 11 is 20.5. The van der Waals surface area contributed by atoms with Gasteiger partial charge in [0, 0.05) is 20.9 Å².